The van der Waals surface area contributed by atoms with Gasteiger partial charge in [-0.1, -0.05) is 12.8 Å². The fourth-order valence-electron chi connectivity index (χ4n) is 4.01. The minimum atomic E-state index is -0.190. The largest absolute Gasteiger partial charge is 0.391 e. The van der Waals surface area contributed by atoms with Crippen molar-refractivity contribution in [3.8, 4) is 11.3 Å². The lowest BCUT2D eigenvalue weighted by Crippen LogP contribution is -2.58. The third-order valence-corrected chi connectivity index (χ3v) is 5.40. The predicted molar refractivity (Wildman–Crippen MR) is 95.1 cm³/mol. The molecule has 2 atom stereocenters. The molecule has 2 aromatic rings. The Hall–Kier alpha value is -2.05. The van der Waals surface area contributed by atoms with E-state index < -0.39 is 0 Å². The van der Waals surface area contributed by atoms with Gasteiger partial charge in [-0.2, -0.15) is 5.10 Å². The number of likely N-dealkylation sites (tertiary alicyclic amines) is 1. The van der Waals surface area contributed by atoms with Crippen molar-refractivity contribution in [3.05, 3.63) is 47.0 Å². The summed E-state index contributed by atoms with van der Waals surface area (Å²) >= 11 is 0. The van der Waals surface area contributed by atoms with Gasteiger partial charge >= 0.3 is 0 Å². The van der Waals surface area contributed by atoms with Crippen LogP contribution in [-0.2, 0) is 6.54 Å². The minimum Gasteiger partial charge on any atom is -0.391 e. The minimum absolute atomic E-state index is 0.0659. The van der Waals surface area contributed by atoms with Crippen molar-refractivity contribution in [2.45, 2.75) is 44.4 Å². The standard InChI is InChI=1S/C19H24N4O2/c24-18-6-2-1-5-17(18)22-11-14(12-22)13-23-19(25)8-7-16(21-23)15-4-3-9-20-10-15/h3-4,7-10,14,17-18,24H,1-2,5-6,11-13H2. The van der Waals surface area contributed by atoms with E-state index in [0.29, 0.717) is 18.5 Å². The van der Waals surface area contributed by atoms with Crippen LogP contribution in [0.15, 0.2) is 41.5 Å². The molecule has 1 aliphatic heterocycles. The van der Waals surface area contributed by atoms with Crippen molar-refractivity contribution < 1.29 is 5.11 Å². The van der Waals surface area contributed by atoms with Gasteiger partial charge in [-0.3, -0.25) is 14.7 Å². The zero-order chi connectivity index (χ0) is 17.2. The molecule has 2 unspecified atom stereocenters. The summed E-state index contributed by atoms with van der Waals surface area (Å²) < 4.78 is 1.57. The van der Waals surface area contributed by atoms with Gasteiger partial charge in [0.25, 0.3) is 5.56 Å². The van der Waals surface area contributed by atoms with Crippen LogP contribution in [0.1, 0.15) is 25.7 Å². The summed E-state index contributed by atoms with van der Waals surface area (Å²) in [6.45, 7) is 2.51. The number of aliphatic hydroxyl groups is 1. The number of aromatic nitrogens is 3. The first-order valence-electron chi connectivity index (χ1n) is 9.11. The van der Waals surface area contributed by atoms with Crippen molar-refractivity contribution in [3.63, 3.8) is 0 Å². The van der Waals surface area contributed by atoms with Crippen LogP contribution < -0.4 is 5.56 Å². The second-order valence-electron chi connectivity index (χ2n) is 7.22. The summed E-state index contributed by atoms with van der Waals surface area (Å²) in [4.78, 5) is 18.6. The number of aliphatic hydroxyl groups excluding tert-OH is 1. The van der Waals surface area contributed by atoms with E-state index in [1.165, 1.54) is 6.42 Å². The highest BCUT2D eigenvalue weighted by molar-refractivity contribution is 5.56. The third kappa shape index (κ3) is 3.50. The maximum Gasteiger partial charge on any atom is 0.266 e. The Labute approximate surface area is 147 Å². The molecule has 25 heavy (non-hydrogen) atoms. The molecule has 2 aromatic heterocycles. The van der Waals surface area contributed by atoms with Crippen LogP contribution >= 0.6 is 0 Å². The molecule has 2 aliphatic rings. The van der Waals surface area contributed by atoms with E-state index in [-0.39, 0.29) is 11.7 Å². The quantitative estimate of drug-likeness (QED) is 0.914. The number of pyridine rings is 1. The molecule has 0 spiro atoms. The van der Waals surface area contributed by atoms with Gasteiger partial charge in [0, 0.05) is 49.1 Å². The average Bonchev–Trinajstić information content (AvgIpc) is 2.61. The lowest BCUT2D eigenvalue weighted by Gasteiger charge is -2.47. The highest BCUT2D eigenvalue weighted by Gasteiger charge is 2.37. The van der Waals surface area contributed by atoms with Crippen molar-refractivity contribution in [2.24, 2.45) is 5.92 Å². The van der Waals surface area contributed by atoms with E-state index >= 15 is 0 Å². The Bertz CT molecular complexity index is 770. The molecular formula is C19H24N4O2. The lowest BCUT2D eigenvalue weighted by molar-refractivity contribution is -0.0404. The smallest absolute Gasteiger partial charge is 0.266 e. The van der Waals surface area contributed by atoms with E-state index in [0.717, 1.165) is 43.6 Å². The van der Waals surface area contributed by atoms with Crippen LogP contribution in [0.3, 0.4) is 0 Å². The fraction of sp³-hybridized carbons (Fsp3) is 0.526. The molecule has 1 N–H and O–H groups in total. The van der Waals surface area contributed by atoms with Crippen LogP contribution in [0.5, 0.6) is 0 Å². The molecule has 6 nitrogen and oxygen atoms in total. The van der Waals surface area contributed by atoms with Gasteiger partial charge in [0.2, 0.25) is 0 Å². The molecule has 3 heterocycles. The second kappa shape index (κ2) is 7.06. The Kier molecular flexibility index (Phi) is 4.63. The Morgan fingerprint density at radius 1 is 1.16 bits per heavy atom. The van der Waals surface area contributed by atoms with Crippen molar-refractivity contribution in [1.82, 2.24) is 19.7 Å². The highest BCUT2D eigenvalue weighted by atomic mass is 16.3. The normalized spacial score (nSPS) is 24.8. The van der Waals surface area contributed by atoms with Gasteiger partial charge < -0.3 is 5.11 Å². The first-order chi connectivity index (χ1) is 12.2. The zero-order valence-corrected chi connectivity index (χ0v) is 14.3. The summed E-state index contributed by atoms with van der Waals surface area (Å²) in [5, 5.41) is 14.7. The van der Waals surface area contributed by atoms with E-state index in [9.17, 15) is 9.90 Å². The summed E-state index contributed by atoms with van der Waals surface area (Å²) in [5.41, 5.74) is 1.62. The maximum absolute atomic E-state index is 12.1. The van der Waals surface area contributed by atoms with Gasteiger partial charge in [-0.25, -0.2) is 4.68 Å². The fourth-order valence-corrected chi connectivity index (χ4v) is 4.01. The lowest BCUT2D eigenvalue weighted by atomic mass is 9.87. The maximum atomic E-state index is 12.1. The molecule has 1 saturated carbocycles. The molecular weight excluding hydrogens is 316 g/mol. The molecule has 0 amide bonds. The third-order valence-electron chi connectivity index (χ3n) is 5.40. The van der Waals surface area contributed by atoms with E-state index in [2.05, 4.69) is 15.0 Å². The van der Waals surface area contributed by atoms with Gasteiger partial charge in [-0.15, -0.1) is 0 Å². The van der Waals surface area contributed by atoms with Crippen LogP contribution in [-0.4, -0.2) is 50.0 Å². The predicted octanol–water partition coefficient (Wildman–Crippen LogP) is 1.54. The van der Waals surface area contributed by atoms with Crippen LogP contribution in [0, 0.1) is 5.92 Å². The summed E-state index contributed by atoms with van der Waals surface area (Å²) in [6.07, 6.45) is 7.63. The number of hydrogen-bond acceptors (Lipinski definition) is 5. The monoisotopic (exact) mass is 340 g/mol. The number of nitrogens with zero attached hydrogens (tertiary/aromatic N) is 4. The number of rotatable bonds is 4. The second-order valence-corrected chi connectivity index (χ2v) is 7.22. The van der Waals surface area contributed by atoms with Crippen molar-refractivity contribution >= 4 is 0 Å². The zero-order valence-electron chi connectivity index (χ0n) is 14.3. The van der Waals surface area contributed by atoms with Crippen LogP contribution in [0.2, 0.25) is 0 Å². The molecule has 0 aromatic carbocycles. The Morgan fingerprint density at radius 3 is 2.76 bits per heavy atom. The van der Waals surface area contributed by atoms with E-state index in [1.54, 1.807) is 29.2 Å². The van der Waals surface area contributed by atoms with Gasteiger partial charge in [0.1, 0.15) is 0 Å². The molecule has 0 bridgehead atoms. The molecule has 132 valence electrons. The topological polar surface area (TPSA) is 71.2 Å². The molecule has 1 aliphatic carbocycles. The first-order valence-corrected chi connectivity index (χ1v) is 9.11. The molecule has 4 rings (SSSR count). The average molecular weight is 340 g/mol. The Balaban J connectivity index is 1.41. The highest BCUT2D eigenvalue weighted by Crippen LogP contribution is 2.29. The summed E-state index contributed by atoms with van der Waals surface area (Å²) in [7, 11) is 0. The molecule has 1 saturated heterocycles. The van der Waals surface area contributed by atoms with Crippen LogP contribution in [0.25, 0.3) is 11.3 Å². The van der Waals surface area contributed by atoms with Gasteiger partial charge in [0.15, 0.2) is 0 Å². The SMILES string of the molecule is O=c1ccc(-c2cccnc2)nn1CC1CN(C2CCCCC2O)C1. The Morgan fingerprint density at radius 2 is 2.00 bits per heavy atom. The number of hydrogen-bond donors (Lipinski definition) is 1. The van der Waals surface area contributed by atoms with Gasteiger partial charge in [0.05, 0.1) is 18.3 Å². The van der Waals surface area contributed by atoms with Crippen molar-refractivity contribution in [1.29, 1.82) is 0 Å². The molecule has 6 heteroatoms. The van der Waals surface area contributed by atoms with Gasteiger partial charge in [-0.05, 0) is 31.0 Å². The summed E-state index contributed by atoms with van der Waals surface area (Å²) in [6, 6.07) is 7.44. The first kappa shape index (κ1) is 16.4. The van der Waals surface area contributed by atoms with Crippen molar-refractivity contribution in [2.75, 3.05) is 13.1 Å². The molecule has 2 fully saturated rings. The molecule has 0 radical (unpaired) electrons. The summed E-state index contributed by atoms with van der Waals surface area (Å²) in [5.74, 6) is 0.420. The van der Waals surface area contributed by atoms with E-state index in [4.69, 9.17) is 0 Å². The van der Waals surface area contributed by atoms with E-state index in [1.807, 2.05) is 12.1 Å². The van der Waals surface area contributed by atoms with Crippen LogP contribution in [0.4, 0.5) is 0 Å².